The molecule has 0 aliphatic carbocycles. The van der Waals surface area contributed by atoms with Crippen molar-refractivity contribution in [1.82, 2.24) is 5.32 Å². The van der Waals surface area contributed by atoms with Crippen molar-refractivity contribution < 1.29 is 9.72 Å². The second-order valence-corrected chi connectivity index (χ2v) is 4.55. The molecule has 0 saturated heterocycles. The fraction of sp³-hybridized carbons (Fsp3) is 0.417. The van der Waals surface area contributed by atoms with E-state index in [1.807, 2.05) is 13.8 Å². The maximum absolute atomic E-state index is 11.6. The molecule has 0 aromatic heterocycles. The first-order valence-electron chi connectivity index (χ1n) is 5.86. The molecule has 0 fully saturated rings. The van der Waals surface area contributed by atoms with Crippen LogP contribution in [-0.2, 0) is 4.79 Å². The lowest BCUT2D eigenvalue weighted by atomic mass is 10.2. The van der Waals surface area contributed by atoms with Gasteiger partial charge in [0.2, 0.25) is 5.91 Å². The SMILES string of the molecule is CC(C)NC(=O)CN(C)c1cccc(N)c1[N+](=O)[O-]. The van der Waals surface area contributed by atoms with Crippen LogP contribution in [0.1, 0.15) is 13.8 Å². The van der Waals surface area contributed by atoms with Crippen LogP contribution in [0.2, 0.25) is 0 Å². The zero-order valence-electron chi connectivity index (χ0n) is 11.2. The Balaban J connectivity index is 2.94. The quantitative estimate of drug-likeness (QED) is 0.472. The fourth-order valence-corrected chi connectivity index (χ4v) is 1.72. The first-order valence-corrected chi connectivity index (χ1v) is 5.86. The van der Waals surface area contributed by atoms with Crippen LogP contribution in [-0.4, -0.2) is 30.5 Å². The minimum absolute atomic E-state index is 0.0247. The van der Waals surface area contributed by atoms with E-state index in [0.29, 0.717) is 5.69 Å². The van der Waals surface area contributed by atoms with E-state index in [2.05, 4.69) is 5.32 Å². The summed E-state index contributed by atoms with van der Waals surface area (Å²) in [5, 5.41) is 13.7. The molecule has 0 radical (unpaired) electrons. The number of nitrogens with two attached hydrogens (primary N) is 1. The van der Waals surface area contributed by atoms with E-state index in [1.165, 1.54) is 11.0 Å². The van der Waals surface area contributed by atoms with Crippen molar-refractivity contribution in [3.8, 4) is 0 Å². The summed E-state index contributed by atoms with van der Waals surface area (Å²) in [5.41, 5.74) is 5.83. The third kappa shape index (κ3) is 3.84. The predicted molar refractivity (Wildman–Crippen MR) is 74.1 cm³/mol. The molecule has 0 spiro atoms. The highest BCUT2D eigenvalue weighted by Gasteiger charge is 2.21. The number of nitrogen functional groups attached to an aromatic ring is 1. The van der Waals surface area contributed by atoms with Crippen LogP contribution in [0.15, 0.2) is 18.2 Å². The van der Waals surface area contributed by atoms with Crippen LogP contribution in [0.25, 0.3) is 0 Å². The molecule has 7 nitrogen and oxygen atoms in total. The molecule has 0 heterocycles. The number of benzene rings is 1. The Morgan fingerprint density at radius 3 is 2.68 bits per heavy atom. The molecule has 19 heavy (non-hydrogen) atoms. The summed E-state index contributed by atoms with van der Waals surface area (Å²) in [4.78, 5) is 23.6. The molecule has 0 unspecified atom stereocenters. The number of rotatable bonds is 5. The van der Waals surface area contributed by atoms with E-state index < -0.39 is 4.92 Å². The van der Waals surface area contributed by atoms with Gasteiger partial charge < -0.3 is 16.0 Å². The minimum Gasteiger partial charge on any atom is -0.393 e. The number of hydrogen-bond acceptors (Lipinski definition) is 5. The summed E-state index contributed by atoms with van der Waals surface area (Å²) >= 11 is 0. The van der Waals surface area contributed by atoms with Crippen LogP contribution < -0.4 is 16.0 Å². The van der Waals surface area contributed by atoms with Crippen molar-refractivity contribution in [2.75, 3.05) is 24.2 Å². The van der Waals surface area contributed by atoms with Crippen LogP contribution >= 0.6 is 0 Å². The predicted octanol–water partition coefficient (Wildman–Crippen LogP) is 1.14. The standard InChI is InChI=1S/C12H18N4O3/c1-8(2)14-11(17)7-15(3)10-6-4-5-9(13)12(10)16(18)19/h4-6,8H,7,13H2,1-3H3,(H,14,17). The number of carbonyl (C=O) groups excluding carboxylic acids is 1. The van der Waals surface area contributed by atoms with Crippen LogP contribution in [0.4, 0.5) is 17.1 Å². The van der Waals surface area contributed by atoms with Gasteiger partial charge in [0, 0.05) is 13.1 Å². The average molecular weight is 266 g/mol. The van der Waals surface area contributed by atoms with Gasteiger partial charge in [-0.25, -0.2) is 0 Å². The fourth-order valence-electron chi connectivity index (χ4n) is 1.72. The molecular weight excluding hydrogens is 248 g/mol. The number of amides is 1. The number of anilines is 2. The summed E-state index contributed by atoms with van der Waals surface area (Å²) in [6.45, 7) is 3.73. The van der Waals surface area contributed by atoms with Gasteiger partial charge in [0.05, 0.1) is 11.5 Å². The van der Waals surface area contributed by atoms with Crippen LogP contribution in [0, 0.1) is 10.1 Å². The zero-order chi connectivity index (χ0) is 14.6. The number of nitro groups is 1. The first-order chi connectivity index (χ1) is 8.82. The van der Waals surface area contributed by atoms with Gasteiger partial charge >= 0.3 is 5.69 Å². The molecule has 1 amide bonds. The largest absolute Gasteiger partial charge is 0.393 e. The molecule has 0 atom stereocenters. The Labute approximate surface area is 111 Å². The maximum atomic E-state index is 11.6. The molecule has 104 valence electrons. The molecule has 0 aliphatic heterocycles. The van der Waals surface area contributed by atoms with Crippen molar-refractivity contribution in [3.63, 3.8) is 0 Å². The molecule has 0 saturated carbocycles. The molecule has 3 N–H and O–H groups in total. The summed E-state index contributed by atoms with van der Waals surface area (Å²) in [6, 6.07) is 4.67. The number of nitrogens with one attached hydrogen (secondary N) is 1. The number of hydrogen-bond donors (Lipinski definition) is 2. The minimum atomic E-state index is -0.540. The lowest BCUT2D eigenvalue weighted by molar-refractivity contribution is -0.383. The molecular formula is C12H18N4O3. The summed E-state index contributed by atoms with van der Waals surface area (Å²) in [6.07, 6.45) is 0. The molecule has 0 bridgehead atoms. The number of para-hydroxylation sites is 1. The third-order valence-electron chi connectivity index (χ3n) is 2.47. The summed E-state index contributed by atoms with van der Waals surface area (Å²) in [5.74, 6) is -0.200. The van der Waals surface area contributed by atoms with Crippen molar-refractivity contribution in [3.05, 3.63) is 28.3 Å². The van der Waals surface area contributed by atoms with E-state index in [9.17, 15) is 14.9 Å². The summed E-state index contributed by atoms with van der Waals surface area (Å²) < 4.78 is 0. The Hall–Kier alpha value is -2.31. The smallest absolute Gasteiger partial charge is 0.315 e. The van der Waals surface area contributed by atoms with Gasteiger partial charge in [-0.3, -0.25) is 14.9 Å². The average Bonchev–Trinajstić information content (AvgIpc) is 2.26. The number of nitrogens with zero attached hydrogens (tertiary/aromatic N) is 2. The van der Waals surface area contributed by atoms with Crippen molar-refractivity contribution >= 4 is 23.0 Å². The van der Waals surface area contributed by atoms with Gasteiger partial charge in [-0.2, -0.15) is 0 Å². The second-order valence-electron chi connectivity index (χ2n) is 4.55. The van der Waals surface area contributed by atoms with Gasteiger partial charge in [0.25, 0.3) is 0 Å². The lowest BCUT2D eigenvalue weighted by Gasteiger charge is -2.20. The first kappa shape index (κ1) is 14.7. The molecule has 1 aromatic rings. The van der Waals surface area contributed by atoms with Gasteiger partial charge in [-0.05, 0) is 26.0 Å². The van der Waals surface area contributed by atoms with Crippen molar-refractivity contribution in [2.24, 2.45) is 0 Å². The van der Waals surface area contributed by atoms with Gasteiger partial charge in [-0.15, -0.1) is 0 Å². The van der Waals surface area contributed by atoms with E-state index in [1.54, 1.807) is 19.2 Å². The number of nitro benzene ring substituents is 1. The number of likely N-dealkylation sites (N-methyl/N-ethyl adjacent to an activating group) is 1. The third-order valence-corrected chi connectivity index (χ3v) is 2.47. The highest BCUT2D eigenvalue weighted by Crippen LogP contribution is 2.32. The monoisotopic (exact) mass is 266 g/mol. The van der Waals surface area contributed by atoms with E-state index in [0.717, 1.165) is 0 Å². The van der Waals surface area contributed by atoms with E-state index in [4.69, 9.17) is 5.73 Å². The maximum Gasteiger partial charge on any atom is 0.315 e. The molecule has 0 aliphatic rings. The summed E-state index contributed by atoms with van der Waals surface area (Å²) in [7, 11) is 1.61. The van der Waals surface area contributed by atoms with Gasteiger partial charge in [0.1, 0.15) is 11.4 Å². The van der Waals surface area contributed by atoms with Crippen molar-refractivity contribution in [1.29, 1.82) is 0 Å². The molecule has 7 heteroatoms. The van der Waals surface area contributed by atoms with Crippen LogP contribution in [0.5, 0.6) is 0 Å². The normalized spacial score (nSPS) is 10.3. The lowest BCUT2D eigenvalue weighted by Crippen LogP contribution is -2.38. The topological polar surface area (TPSA) is 102 Å². The Bertz CT molecular complexity index is 488. The Morgan fingerprint density at radius 1 is 1.53 bits per heavy atom. The van der Waals surface area contributed by atoms with Gasteiger partial charge in [0.15, 0.2) is 0 Å². The highest BCUT2D eigenvalue weighted by atomic mass is 16.6. The van der Waals surface area contributed by atoms with Crippen molar-refractivity contribution in [2.45, 2.75) is 19.9 Å². The number of carbonyl (C=O) groups is 1. The zero-order valence-corrected chi connectivity index (χ0v) is 11.2. The highest BCUT2D eigenvalue weighted by molar-refractivity contribution is 5.84. The van der Waals surface area contributed by atoms with Gasteiger partial charge in [-0.1, -0.05) is 6.07 Å². The van der Waals surface area contributed by atoms with Crippen LogP contribution in [0.3, 0.4) is 0 Å². The Morgan fingerprint density at radius 2 is 2.16 bits per heavy atom. The van der Waals surface area contributed by atoms with E-state index >= 15 is 0 Å². The molecule has 1 aromatic carbocycles. The Kier molecular flexibility index (Phi) is 4.68. The molecule has 1 rings (SSSR count). The van der Waals surface area contributed by atoms with E-state index in [-0.39, 0.29) is 29.9 Å². The second kappa shape index (κ2) is 6.03.